The monoisotopic (exact) mass is 275 g/mol. The normalized spacial score (nSPS) is 11.3. The first-order chi connectivity index (χ1) is 8.87. The van der Waals surface area contributed by atoms with Crippen molar-refractivity contribution in [3.05, 3.63) is 59.2 Å². The third kappa shape index (κ3) is 3.35. The Balaban J connectivity index is 2.33. The molecule has 0 bridgehead atoms. The fraction of sp³-hybridized carbons (Fsp3) is 0.200. The van der Waals surface area contributed by atoms with Gasteiger partial charge in [-0.1, -0.05) is 23.8 Å². The number of aryl methyl sites for hydroxylation is 3. The van der Waals surface area contributed by atoms with Crippen LogP contribution in [0, 0.1) is 20.8 Å². The highest BCUT2D eigenvalue weighted by Gasteiger charge is 2.13. The van der Waals surface area contributed by atoms with Crippen molar-refractivity contribution in [1.29, 1.82) is 0 Å². The lowest BCUT2D eigenvalue weighted by atomic mass is 10.1. The molecule has 0 amide bonds. The van der Waals surface area contributed by atoms with E-state index in [1.54, 1.807) is 24.3 Å². The number of nitrogens with one attached hydrogen (secondary N) is 1. The molecular weight excluding hydrogens is 258 g/mol. The van der Waals surface area contributed by atoms with Crippen molar-refractivity contribution < 1.29 is 8.42 Å². The summed E-state index contributed by atoms with van der Waals surface area (Å²) in [6, 6.07) is 12.4. The van der Waals surface area contributed by atoms with Crippen LogP contribution in [0.25, 0.3) is 0 Å². The van der Waals surface area contributed by atoms with Gasteiger partial charge in [0.15, 0.2) is 0 Å². The fourth-order valence-corrected chi connectivity index (χ4v) is 3.01. The second-order valence-corrected chi connectivity index (χ2v) is 6.48. The second-order valence-electron chi connectivity index (χ2n) is 4.79. The molecule has 1 N–H and O–H groups in total. The maximum absolute atomic E-state index is 12.2. The van der Waals surface area contributed by atoms with Gasteiger partial charge < -0.3 is 0 Å². The van der Waals surface area contributed by atoms with Crippen molar-refractivity contribution >= 4 is 15.7 Å². The minimum atomic E-state index is -3.51. The molecule has 2 aromatic carbocycles. The molecule has 0 heterocycles. The Hall–Kier alpha value is -1.81. The molecule has 0 aliphatic carbocycles. The molecule has 0 aromatic heterocycles. The zero-order chi connectivity index (χ0) is 14.0. The molecule has 0 spiro atoms. The van der Waals surface area contributed by atoms with E-state index in [-0.39, 0.29) is 4.90 Å². The highest BCUT2D eigenvalue weighted by molar-refractivity contribution is 7.92. The average Bonchev–Trinajstić information content (AvgIpc) is 2.27. The van der Waals surface area contributed by atoms with E-state index in [0.29, 0.717) is 5.69 Å². The number of rotatable bonds is 3. The van der Waals surface area contributed by atoms with Gasteiger partial charge in [-0.15, -0.1) is 0 Å². The lowest BCUT2D eigenvalue weighted by Gasteiger charge is -2.10. The summed E-state index contributed by atoms with van der Waals surface area (Å²) >= 11 is 0. The van der Waals surface area contributed by atoms with Crippen molar-refractivity contribution in [2.45, 2.75) is 25.7 Å². The van der Waals surface area contributed by atoms with Crippen LogP contribution in [0.2, 0.25) is 0 Å². The van der Waals surface area contributed by atoms with Crippen LogP contribution in [0.5, 0.6) is 0 Å². The molecule has 0 aliphatic rings. The summed E-state index contributed by atoms with van der Waals surface area (Å²) < 4.78 is 27.1. The third-order valence-corrected chi connectivity index (χ3v) is 4.20. The van der Waals surface area contributed by atoms with E-state index in [1.165, 1.54) is 0 Å². The van der Waals surface area contributed by atoms with Crippen LogP contribution < -0.4 is 4.72 Å². The SMILES string of the molecule is Cc1ccc(S(=O)(=O)Nc2cc(C)cc(C)c2)cc1. The van der Waals surface area contributed by atoms with Gasteiger partial charge in [-0.3, -0.25) is 4.72 Å². The largest absolute Gasteiger partial charge is 0.280 e. The van der Waals surface area contributed by atoms with Crippen LogP contribution in [-0.2, 0) is 10.0 Å². The summed E-state index contributed by atoms with van der Waals surface area (Å²) in [7, 11) is -3.51. The van der Waals surface area contributed by atoms with E-state index in [4.69, 9.17) is 0 Å². The number of anilines is 1. The van der Waals surface area contributed by atoms with Crippen LogP contribution in [0.1, 0.15) is 16.7 Å². The van der Waals surface area contributed by atoms with Crippen molar-refractivity contribution in [3.63, 3.8) is 0 Å². The summed E-state index contributed by atoms with van der Waals surface area (Å²) in [5.41, 5.74) is 3.69. The second kappa shape index (κ2) is 5.05. The van der Waals surface area contributed by atoms with Crippen molar-refractivity contribution in [1.82, 2.24) is 0 Å². The highest BCUT2D eigenvalue weighted by atomic mass is 32.2. The topological polar surface area (TPSA) is 46.2 Å². The smallest absolute Gasteiger partial charge is 0.261 e. The van der Waals surface area contributed by atoms with E-state index in [0.717, 1.165) is 16.7 Å². The fourth-order valence-electron chi connectivity index (χ4n) is 1.97. The van der Waals surface area contributed by atoms with Gasteiger partial charge in [-0.25, -0.2) is 8.42 Å². The first kappa shape index (κ1) is 13.6. The minimum absolute atomic E-state index is 0.275. The van der Waals surface area contributed by atoms with Gasteiger partial charge in [0.2, 0.25) is 0 Å². The maximum Gasteiger partial charge on any atom is 0.261 e. The lowest BCUT2D eigenvalue weighted by Crippen LogP contribution is -2.13. The Bertz CT molecular complexity index is 668. The first-order valence-electron chi connectivity index (χ1n) is 6.04. The number of hydrogen-bond donors (Lipinski definition) is 1. The van der Waals surface area contributed by atoms with Crippen LogP contribution in [-0.4, -0.2) is 8.42 Å². The summed E-state index contributed by atoms with van der Waals surface area (Å²) in [5, 5.41) is 0. The summed E-state index contributed by atoms with van der Waals surface area (Å²) in [6.45, 7) is 5.81. The number of sulfonamides is 1. The average molecular weight is 275 g/mol. The summed E-state index contributed by atoms with van der Waals surface area (Å²) in [4.78, 5) is 0.275. The Labute approximate surface area is 114 Å². The van der Waals surface area contributed by atoms with E-state index >= 15 is 0 Å². The van der Waals surface area contributed by atoms with Crippen LogP contribution >= 0.6 is 0 Å². The zero-order valence-corrected chi connectivity index (χ0v) is 12.1. The molecule has 19 heavy (non-hydrogen) atoms. The molecule has 0 atom stereocenters. The molecule has 0 aliphatic heterocycles. The lowest BCUT2D eigenvalue weighted by molar-refractivity contribution is 0.601. The molecule has 2 rings (SSSR count). The van der Waals surface area contributed by atoms with Gasteiger partial charge in [-0.05, 0) is 56.2 Å². The molecule has 100 valence electrons. The minimum Gasteiger partial charge on any atom is -0.280 e. The summed E-state index contributed by atoms with van der Waals surface area (Å²) in [5.74, 6) is 0. The van der Waals surface area contributed by atoms with E-state index < -0.39 is 10.0 Å². The Morgan fingerprint density at radius 3 is 1.84 bits per heavy atom. The molecule has 0 unspecified atom stereocenters. The van der Waals surface area contributed by atoms with Crippen LogP contribution in [0.15, 0.2) is 47.4 Å². The predicted octanol–water partition coefficient (Wildman–Crippen LogP) is 3.41. The number of benzene rings is 2. The van der Waals surface area contributed by atoms with Gasteiger partial charge in [0, 0.05) is 5.69 Å². The third-order valence-electron chi connectivity index (χ3n) is 2.81. The number of hydrogen-bond acceptors (Lipinski definition) is 2. The van der Waals surface area contributed by atoms with E-state index in [2.05, 4.69) is 4.72 Å². The zero-order valence-electron chi connectivity index (χ0n) is 11.3. The molecule has 3 nitrogen and oxygen atoms in total. The van der Waals surface area contributed by atoms with Crippen molar-refractivity contribution in [2.24, 2.45) is 0 Å². The standard InChI is InChI=1S/C15H17NO2S/c1-11-4-6-15(7-5-11)19(17,18)16-14-9-12(2)8-13(3)10-14/h4-10,16H,1-3H3. The van der Waals surface area contributed by atoms with Crippen LogP contribution in [0.4, 0.5) is 5.69 Å². The van der Waals surface area contributed by atoms with Crippen LogP contribution in [0.3, 0.4) is 0 Å². The van der Waals surface area contributed by atoms with Gasteiger partial charge >= 0.3 is 0 Å². The van der Waals surface area contributed by atoms with Gasteiger partial charge in [0.05, 0.1) is 4.90 Å². The molecule has 0 radical (unpaired) electrons. The maximum atomic E-state index is 12.2. The quantitative estimate of drug-likeness (QED) is 0.933. The first-order valence-corrected chi connectivity index (χ1v) is 7.53. The van der Waals surface area contributed by atoms with E-state index in [9.17, 15) is 8.42 Å². The molecule has 0 saturated heterocycles. The molecular formula is C15H17NO2S. The predicted molar refractivity (Wildman–Crippen MR) is 77.9 cm³/mol. The molecule has 4 heteroatoms. The van der Waals surface area contributed by atoms with E-state index in [1.807, 2.05) is 39.0 Å². The molecule has 0 saturated carbocycles. The Kier molecular flexibility index (Phi) is 3.62. The van der Waals surface area contributed by atoms with Crippen molar-refractivity contribution in [3.8, 4) is 0 Å². The highest BCUT2D eigenvalue weighted by Crippen LogP contribution is 2.19. The molecule has 0 fully saturated rings. The molecule has 2 aromatic rings. The van der Waals surface area contributed by atoms with Gasteiger partial charge in [0.25, 0.3) is 10.0 Å². The Morgan fingerprint density at radius 2 is 1.32 bits per heavy atom. The van der Waals surface area contributed by atoms with Gasteiger partial charge in [0.1, 0.15) is 0 Å². The van der Waals surface area contributed by atoms with Crippen molar-refractivity contribution in [2.75, 3.05) is 4.72 Å². The van der Waals surface area contributed by atoms with Gasteiger partial charge in [-0.2, -0.15) is 0 Å². The Morgan fingerprint density at radius 1 is 0.789 bits per heavy atom. The summed E-state index contributed by atoms with van der Waals surface area (Å²) in [6.07, 6.45) is 0.